The molecule has 1 atom stereocenters. The van der Waals surface area contributed by atoms with Gasteiger partial charge in [-0.2, -0.15) is 0 Å². The van der Waals surface area contributed by atoms with Gasteiger partial charge in [0, 0.05) is 24.2 Å². The van der Waals surface area contributed by atoms with Crippen LogP contribution in [0.5, 0.6) is 0 Å². The largest absolute Gasteiger partial charge is 0.377 e. The van der Waals surface area contributed by atoms with Gasteiger partial charge in [-0.15, -0.1) is 0 Å². The molecule has 9 nitrogen and oxygen atoms in total. The molecular formula is C36H41FN4O5S. The molecule has 1 amide bonds. The van der Waals surface area contributed by atoms with Crippen LogP contribution in [0.25, 0.3) is 11.1 Å². The van der Waals surface area contributed by atoms with Gasteiger partial charge in [0.25, 0.3) is 15.9 Å². The third-order valence-electron chi connectivity index (χ3n) is 8.64. The number of benzene rings is 3. The van der Waals surface area contributed by atoms with Gasteiger partial charge in [0.1, 0.15) is 17.4 Å². The maximum Gasteiger partial charge on any atom is 0.263 e. The molecule has 1 aliphatic rings. The molecule has 4 aromatic rings. The van der Waals surface area contributed by atoms with Crippen LogP contribution in [0.1, 0.15) is 74.5 Å². The van der Waals surface area contributed by atoms with Crippen molar-refractivity contribution < 1.29 is 26.9 Å². The van der Waals surface area contributed by atoms with Gasteiger partial charge in [-0.1, -0.05) is 74.0 Å². The quantitative estimate of drug-likeness (QED) is 0.149. The average molecular weight is 661 g/mol. The Balaban J connectivity index is 1.52. The van der Waals surface area contributed by atoms with Gasteiger partial charge in [-0.05, 0) is 74.1 Å². The summed E-state index contributed by atoms with van der Waals surface area (Å²) in [7, 11) is -4.04. The number of aryl methyl sites for hydroxylation is 1. The molecule has 5 rings (SSSR count). The Morgan fingerprint density at radius 3 is 2.40 bits per heavy atom. The first-order chi connectivity index (χ1) is 22.5. The minimum absolute atomic E-state index is 0.0845. The molecule has 3 aromatic carbocycles. The summed E-state index contributed by atoms with van der Waals surface area (Å²) in [6.07, 6.45) is 2.88. The Morgan fingerprint density at radius 1 is 1.00 bits per heavy atom. The van der Waals surface area contributed by atoms with E-state index >= 15 is 0 Å². The number of carbonyl (C=O) groups is 1. The predicted molar refractivity (Wildman–Crippen MR) is 180 cm³/mol. The second-order valence-corrected chi connectivity index (χ2v) is 13.3. The highest BCUT2D eigenvalue weighted by Gasteiger charge is 2.48. The lowest BCUT2D eigenvalue weighted by molar-refractivity contribution is -0.132. The van der Waals surface area contributed by atoms with E-state index in [1.165, 1.54) is 12.1 Å². The van der Waals surface area contributed by atoms with E-state index in [1.807, 2.05) is 32.0 Å². The Labute approximate surface area is 275 Å². The molecule has 1 aromatic heterocycles. The van der Waals surface area contributed by atoms with E-state index in [0.717, 1.165) is 24.0 Å². The molecule has 0 saturated heterocycles. The zero-order valence-electron chi connectivity index (χ0n) is 27.5. The summed E-state index contributed by atoms with van der Waals surface area (Å²) in [4.78, 5) is 21.0. The molecule has 47 heavy (non-hydrogen) atoms. The van der Waals surface area contributed by atoms with Crippen molar-refractivity contribution >= 4 is 27.6 Å². The van der Waals surface area contributed by atoms with Crippen molar-refractivity contribution in [3.05, 3.63) is 101 Å². The number of halogens is 1. The van der Waals surface area contributed by atoms with Crippen molar-refractivity contribution in [2.45, 2.75) is 83.9 Å². The molecule has 0 radical (unpaired) electrons. The number of anilines is 1. The topological polar surface area (TPSA) is 114 Å². The van der Waals surface area contributed by atoms with Crippen LogP contribution in [0.3, 0.4) is 0 Å². The van der Waals surface area contributed by atoms with Crippen LogP contribution in [0.15, 0.2) is 81.1 Å². The van der Waals surface area contributed by atoms with E-state index in [9.17, 15) is 17.6 Å². The first-order valence-electron chi connectivity index (χ1n) is 16.0. The smallest absolute Gasteiger partial charge is 0.263 e. The Bertz CT molecular complexity index is 1890. The third kappa shape index (κ3) is 6.87. The van der Waals surface area contributed by atoms with Gasteiger partial charge in [0.15, 0.2) is 11.4 Å². The zero-order chi connectivity index (χ0) is 33.8. The van der Waals surface area contributed by atoms with Crippen LogP contribution in [0, 0.1) is 19.7 Å². The number of amides is 1. The Morgan fingerprint density at radius 2 is 1.74 bits per heavy atom. The number of unbranched alkanes of at least 4 members (excludes halogenated alkanes) is 1. The number of hydrogen-bond acceptors (Lipinski definition) is 7. The monoisotopic (exact) mass is 660 g/mol. The number of hydrogen-bond donors (Lipinski definition) is 1. The van der Waals surface area contributed by atoms with E-state index in [4.69, 9.17) is 14.3 Å². The van der Waals surface area contributed by atoms with Gasteiger partial charge >= 0.3 is 0 Å². The molecule has 1 N–H and O–H groups in total. The number of amidine groups is 1. The SMILES string of the molecule is CCCCC1=N[C@@](CC)(c2ccc(F)cc2)C(=O)N1Cc1ccc(-c2ccccc2S(=O)(=O)Nc2noc(C)c2C)c(COCC)c1. The van der Waals surface area contributed by atoms with Crippen molar-refractivity contribution in [3.8, 4) is 11.1 Å². The molecule has 11 heteroatoms. The summed E-state index contributed by atoms with van der Waals surface area (Å²) in [5, 5.41) is 3.87. The Hall–Kier alpha value is -4.35. The fourth-order valence-corrected chi connectivity index (χ4v) is 7.13. The summed E-state index contributed by atoms with van der Waals surface area (Å²) < 4.78 is 54.7. The van der Waals surface area contributed by atoms with Crippen molar-refractivity contribution in [3.63, 3.8) is 0 Å². The number of sulfonamides is 1. The summed E-state index contributed by atoms with van der Waals surface area (Å²) in [6.45, 7) is 10.3. The molecular weight excluding hydrogens is 619 g/mol. The normalized spacial score (nSPS) is 16.5. The van der Waals surface area contributed by atoms with Gasteiger partial charge in [0.05, 0.1) is 18.0 Å². The highest BCUT2D eigenvalue weighted by atomic mass is 32.2. The molecule has 0 spiro atoms. The summed E-state index contributed by atoms with van der Waals surface area (Å²) in [5.74, 6) is 0.863. The maximum atomic E-state index is 14.2. The van der Waals surface area contributed by atoms with Crippen molar-refractivity contribution in [2.75, 3.05) is 11.3 Å². The van der Waals surface area contributed by atoms with E-state index in [0.29, 0.717) is 53.3 Å². The van der Waals surface area contributed by atoms with Crippen LogP contribution < -0.4 is 4.72 Å². The number of rotatable bonds is 14. The van der Waals surface area contributed by atoms with Crippen LogP contribution in [-0.2, 0) is 38.2 Å². The highest BCUT2D eigenvalue weighted by Crippen LogP contribution is 2.39. The lowest BCUT2D eigenvalue weighted by Gasteiger charge is -2.26. The molecule has 2 heterocycles. The van der Waals surface area contributed by atoms with Gasteiger partial charge in [0.2, 0.25) is 0 Å². The molecule has 248 valence electrons. The van der Waals surface area contributed by atoms with E-state index < -0.39 is 15.6 Å². The second kappa shape index (κ2) is 14.2. The summed E-state index contributed by atoms with van der Waals surface area (Å²) >= 11 is 0. The molecule has 1 aliphatic heterocycles. The van der Waals surface area contributed by atoms with Crippen molar-refractivity contribution in [1.29, 1.82) is 0 Å². The lowest BCUT2D eigenvalue weighted by Crippen LogP contribution is -2.40. The number of aliphatic imine (C=N–C) groups is 1. The number of nitrogens with zero attached hydrogens (tertiary/aromatic N) is 3. The minimum Gasteiger partial charge on any atom is -0.377 e. The number of ether oxygens (including phenoxy) is 1. The zero-order valence-corrected chi connectivity index (χ0v) is 28.3. The van der Waals surface area contributed by atoms with Gasteiger partial charge in [-0.25, -0.2) is 12.8 Å². The second-order valence-electron chi connectivity index (χ2n) is 11.7. The minimum atomic E-state index is -4.04. The third-order valence-corrected chi connectivity index (χ3v) is 10.0. The molecule has 0 fully saturated rings. The maximum absolute atomic E-state index is 14.2. The van der Waals surface area contributed by atoms with Crippen LogP contribution in [0.4, 0.5) is 10.2 Å². The number of carbonyl (C=O) groups excluding carboxylic acids is 1. The van der Waals surface area contributed by atoms with Crippen LogP contribution in [0.2, 0.25) is 0 Å². The van der Waals surface area contributed by atoms with Crippen LogP contribution in [-0.4, -0.2) is 36.8 Å². The van der Waals surface area contributed by atoms with E-state index in [1.54, 1.807) is 55.1 Å². The van der Waals surface area contributed by atoms with E-state index in [-0.39, 0.29) is 35.6 Å². The van der Waals surface area contributed by atoms with Gasteiger partial charge < -0.3 is 9.26 Å². The van der Waals surface area contributed by atoms with Gasteiger partial charge in [-0.3, -0.25) is 19.4 Å². The highest BCUT2D eigenvalue weighted by molar-refractivity contribution is 7.92. The number of aromatic nitrogens is 1. The number of nitrogens with one attached hydrogen (secondary N) is 1. The molecule has 0 aliphatic carbocycles. The lowest BCUT2D eigenvalue weighted by atomic mass is 9.87. The Kier molecular flexibility index (Phi) is 10.3. The fraction of sp³-hybridized carbons (Fsp3) is 0.361. The summed E-state index contributed by atoms with van der Waals surface area (Å²) in [6, 6.07) is 18.5. The summed E-state index contributed by atoms with van der Waals surface area (Å²) in [5.41, 5.74) is 2.97. The van der Waals surface area contributed by atoms with E-state index in [2.05, 4.69) is 16.8 Å². The molecule has 0 saturated carbocycles. The molecule has 0 unspecified atom stereocenters. The fourth-order valence-electron chi connectivity index (χ4n) is 5.85. The predicted octanol–water partition coefficient (Wildman–Crippen LogP) is 7.67. The standard InChI is InChI=1S/C36H41FN4O5S/c1-6-9-14-33-38-36(7-2,28-16-18-29(37)19-17-28)35(42)41(33)22-26-15-20-30(27(21-26)23-45-8-3)31-12-10-11-13-32(31)47(43,44)40-34-24(4)25(5)46-39-34/h10-13,15-21H,6-9,14,22-23H2,1-5H3,(H,39,40)/t36-/m0/s1. The average Bonchev–Trinajstić information content (AvgIpc) is 3.53. The van der Waals surface area contributed by atoms with Crippen molar-refractivity contribution in [1.82, 2.24) is 10.1 Å². The molecule has 0 bridgehead atoms. The van der Waals surface area contributed by atoms with Crippen LogP contribution >= 0.6 is 0 Å². The first-order valence-corrected chi connectivity index (χ1v) is 17.4. The van der Waals surface area contributed by atoms with Crippen molar-refractivity contribution in [2.24, 2.45) is 4.99 Å². The first kappa shape index (κ1) is 34.0.